The fraction of sp³-hybridized carbons (Fsp3) is 0.333. The first kappa shape index (κ1) is 21.8. The van der Waals surface area contributed by atoms with Gasteiger partial charge in [0.1, 0.15) is 0 Å². The predicted molar refractivity (Wildman–Crippen MR) is 130 cm³/mol. The number of nitrogens with zero attached hydrogens (tertiary/aromatic N) is 5. The maximum atomic E-state index is 5.98. The summed E-state index contributed by atoms with van der Waals surface area (Å²) in [5.41, 5.74) is 4.55. The summed E-state index contributed by atoms with van der Waals surface area (Å²) in [4.78, 5) is 16.3. The van der Waals surface area contributed by atoms with Gasteiger partial charge < -0.3 is 10.1 Å². The Hall–Kier alpha value is -3.07. The molecule has 1 aliphatic rings. The van der Waals surface area contributed by atoms with Crippen LogP contribution in [0.2, 0.25) is 5.02 Å². The number of anilines is 1. The molecule has 8 nitrogen and oxygen atoms in total. The van der Waals surface area contributed by atoms with Gasteiger partial charge in [-0.1, -0.05) is 29.8 Å². The first-order valence-electron chi connectivity index (χ1n) is 11.2. The monoisotopic (exact) mass is 463 g/mol. The van der Waals surface area contributed by atoms with Gasteiger partial charge in [0.25, 0.3) is 0 Å². The molecule has 3 aromatic heterocycles. The minimum absolute atomic E-state index is 0.582. The van der Waals surface area contributed by atoms with Gasteiger partial charge in [0.2, 0.25) is 5.95 Å². The smallest absolute Gasteiger partial charge is 0.224 e. The molecule has 0 amide bonds. The highest BCUT2D eigenvalue weighted by atomic mass is 35.5. The van der Waals surface area contributed by atoms with E-state index in [4.69, 9.17) is 21.3 Å². The number of pyridine rings is 1. The SMILES string of the molecule is Clc1ccc(CCc2cccc(-c3[nH]nc4nc(NCCN5CCOCC5)ncc34)n2)cc1. The summed E-state index contributed by atoms with van der Waals surface area (Å²) < 4.78 is 5.39. The number of hydrogen-bond acceptors (Lipinski definition) is 7. The largest absolute Gasteiger partial charge is 0.379 e. The maximum absolute atomic E-state index is 5.98. The molecule has 9 heteroatoms. The number of halogens is 1. The highest BCUT2D eigenvalue weighted by Crippen LogP contribution is 2.24. The molecule has 0 unspecified atom stereocenters. The van der Waals surface area contributed by atoms with Crippen LogP contribution in [0.1, 0.15) is 11.3 Å². The van der Waals surface area contributed by atoms with E-state index >= 15 is 0 Å². The second kappa shape index (κ2) is 10.2. The van der Waals surface area contributed by atoms with Crippen LogP contribution in [0, 0.1) is 0 Å². The van der Waals surface area contributed by atoms with Gasteiger partial charge in [-0.3, -0.25) is 15.0 Å². The topological polar surface area (TPSA) is 91.9 Å². The molecule has 0 aliphatic carbocycles. The van der Waals surface area contributed by atoms with Gasteiger partial charge in [-0.25, -0.2) is 4.98 Å². The lowest BCUT2D eigenvalue weighted by molar-refractivity contribution is 0.0398. The van der Waals surface area contributed by atoms with Crippen molar-refractivity contribution in [2.45, 2.75) is 12.8 Å². The highest BCUT2D eigenvalue weighted by Gasteiger charge is 2.13. The van der Waals surface area contributed by atoms with Crippen LogP contribution >= 0.6 is 11.6 Å². The number of H-pyrrole nitrogens is 1. The molecule has 1 aromatic carbocycles. The third-order valence-corrected chi connectivity index (χ3v) is 6.02. The van der Waals surface area contributed by atoms with Crippen molar-refractivity contribution < 1.29 is 4.74 Å². The standard InChI is InChI=1S/C24H26ClN7O/c25-18-7-4-17(5-8-18)6-9-19-2-1-3-21(28-19)22-20-16-27-24(29-23(20)31-30-22)26-10-11-32-12-14-33-15-13-32/h1-5,7-8,16H,6,9-15H2,(H2,26,27,29,30,31). The number of nitrogens with one attached hydrogen (secondary N) is 2. The van der Waals surface area contributed by atoms with Gasteiger partial charge >= 0.3 is 0 Å². The number of hydrogen-bond donors (Lipinski definition) is 2. The second-order valence-electron chi connectivity index (χ2n) is 8.05. The average molecular weight is 464 g/mol. The number of morpholine rings is 1. The molecule has 0 spiro atoms. The summed E-state index contributed by atoms with van der Waals surface area (Å²) in [6, 6.07) is 14.0. The normalized spacial score (nSPS) is 14.6. The number of ether oxygens (including phenoxy) is 1. The lowest BCUT2D eigenvalue weighted by atomic mass is 10.1. The summed E-state index contributed by atoms with van der Waals surface area (Å²) in [6.07, 6.45) is 3.55. The van der Waals surface area contributed by atoms with E-state index in [1.54, 1.807) is 6.20 Å². The highest BCUT2D eigenvalue weighted by molar-refractivity contribution is 6.30. The van der Waals surface area contributed by atoms with Crippen molar-refractivity contribution in [3.8, 4) is 11.4 Å². The molecule has 4 aromatic rings. The molecule has 2 N–H and O–H groups in total. The van der Waals surface area contributed by atoms with E-state index in [-0.39, 0.29) is 0 Å². The summed E-state index contributed by atoms with van der Waals surface area (Å²) in [6.45, 7) is 5.25. The van der Waals surface area contributed by atoms with Crippen LogP contribution in [0.15, 0.2) is 48.7 Å². The molecule has 33 heavy (non-hydrogen) atoms. The quantitative estimate of drug-likeness (QED) is 0.412. The van der Waals surface area contributed by atoms with Crippen molar-refractivity contribution in [2.24, 2.45) is 0 Å². The van der Waals surface area contributed by atoms with Crippen LogP contribution in [0.5, 0.6) is 0 Å². The Labute approximate surface area is 197 Å². The zero-order valence-electron chi connectivity index (χ0n) is 18.3. The molecular formula is C24H26ClN7O. The Morgan fingerprint density at radius 1 is 1.03 bits per heavy atom. The van der Waals surface area contributed by atoms with Crippen LogP contribution in [0.3, 0.4) is 0 Å². The van der Waals surface area contributed by atoms with Crippen molar-refractivity contribution in [1.82, 2.24) is 30.0 Å². The number of aromatic amines is 1. The number of aromatic nitrogens is 5. The summed E-state index contributed by atoms with van der Waals surface area (Å²) in [5.74, 6) is 0.582. The first-order chi connectivity index (χ1) is 16.2. The molecule has 0 bridgehead atoms. The Morgan fingerprint density at radius 3 is 2.73 bits per heavy atom. The zero-order valence-corrected chi connectivity index (χ0v) is 19.1. The number of aryl methyl sites for hydroxylation is 2. The van der Waals surface area contributed by atoms with Crippen molar-refractivity contribution in [2.75, 3.05) is 44.7 Å². The molecule has 1 fully saturated rings. The summed E-state index contributed by atoms with van der Waals surface area (Å²) in [7, 11) is 0. The van der Waals surface area contributed by atoms with E-state index in [1.165, 1.54) is 5.56 Å². The van der Waals surface area contributed by atoms with Gasteiger partial charge in [-0.05, 0) is 42.7 Å². The van der Waals surface area contributed by atoms with Crippen LogP contribution in [0.4, 0.5) is 5.95 Å². The third-order valence-electron chi connectivity index (χ3n) is 5.77. The van der Waals surface area contributed by atoms with E-state index in [2.05, 4.69) is 42.5 Å². The van der Waals surface area contributed by atoms with Crippen molar-refractivity contribution in [3.05, 3.63) is 64.9 Å². The van der Waals surface area contributed by atoms with E-state index in [0.29, 0.717) is 11.6 Å². The second-order valence-corrected chi connectivity index (χ2v) is 8.49. The lowest BCUT2D eigenvalue weighted by Gasteiger charge is -2.26. The first-order valence-corrected chi connectivity index (χ1v) is 11.6. The Kier molecular flexibility index (Phi) is 6.76. The van der Waals surface area contributed by atoms with Gasteiger partial charge in [0, 0.05) is 43.1 Å². The summed E-state index contributed by atoms with van der Waals surface area (Å²) >= 11 is 5.98. The number of fused-ring (bicyclic) bond motifs is 1. The van der Waals surface area contributed by atoms with Crippen LogP contribution < -0.4 is 5.32 Å². The van der Waals surface area contributed by atoms with Gasteiger partial charge in [0.05, 0.1) is 30.0 Å². The van der Waals surface area contributed by atoms with E-state index in [1.807, 2.05) is 30.3 Å². The summed E-state index contributed by atoms with van der Waals surface area (Å²) in [5, 5.41) is 12.4. The predicted octanol–water partition coefficient (Wildman–Crippen LogP) is 3.60. The van der Waals surface area contributed by atoms with E-state index < -0.39 is 0 Å². The van der Waals surface area contributed by atoms with Crippen molar-refractivity contribution >= 4 is 28.6 Å². The fourth-order valence-corrected chi connectivity index (χ4v) is 4.04. The van der Waals surface area contributed by atoms with Gasteiger partial charge in [-0.2, -0.15) is 10.1 Å². The minimum atomic E-state index is 0.582. The zero-order chi connectivity index (χ0) is 22.5. The molecule has 1 saturated heterocycles. The fourth-order valence-electron chi connectivity index (χ4n) is 3.92. The third kappa shape index (κ3) is 5.47. The molecular weight excluding hydrogens is 438 g/mol. The number of rotatable bonds is 8. The van der Waals surface area contributed by atoms with Crippen LogP contribution in [-0.4, -0.2) is 69.4 Å². The van der Waals surface area contributed by atoms with E-state index in [0.717, 1.165) is 79.7 Å². The molecule has 1 aliphatic heterocycles. The maximum Gasteiger partial charge on any atom is 0.224 e. The van der Waals surface area contributed by atoms with Crippen molar-refractivity contribution in [1.29, 1.82) is 0 Å². The molecule has 0 atom stereocenters. The van der Waals surface area contributed by atoms with Crippen LogP contribution in [0.25, 0.3) is 22.4 Å². The minimum Gasteiger partial charge on any atom is -0.379 e. The Bertz CT molecular complexity index is 1210. The lowest BCUT2D eigenvalue weighted by Crippen LogP contribution is -2.39. The van der Waals surface area contributed by atoms with Gasteiger partial charge in [-0.15, -0.1) is 0 Å². The molecule has 4 heterocycles. The Morgan fingerprint density at radius 2 is 1.88 bits per heavy atom. The van der Waals surface area contributed by atoms with E-state index in [9.17, 15) is 0 Å². The van der Waals surface area contributed by atoms with Gasteiger partial charge in [0.15, 0.2) is 5.65 Å². The Balaban J connectivity index is 1.24. The molecule has 5 rings (SSSR count). The van der Waals surface area contributed by atoms with Crippen LogP contribution in [-0.2, 0) is 17.6 Å². The molecule has 170 valence electrons. The number of benzene rings is 1. The molecule has 0 saturated carbocycles. The average Bonchev–Trinajstić information content (AvgIpc) is 3.28. The molecule has 0 radical (unpaired) electrons. The van der Waals surface area contributed by atoms with Crippen molar-refractivity contribution in [3.63, 3.8) is 0 Å².